The number of methoxy groups -OCH3 is 1. The lowest BCUT2D eigenvalue weighted by molar-refractivity contribution is 0.202. The Balaban J connectivity index is 2.06. The van der Waals surface area contributed by atoms with Crippen LogP contribution < -0.4 is 5.32 Å². The van der Waals surface area contributed by atoms with E-state index in [1.54, 1.807) is 7.11 Å². The number of rotatable bonds is 7. The second-order valence-electron chi connectivity index (χ2n) is 5.16. The highest BCUT2D eigenvalue weighted by molar-refractivity contribution is 6.30. The molecule has 2 aromatic carbocycles. The van der Waals surface area contributed by atoms with Crippen molar-refractivity contribution in [2.75, 3.05) is 20.8 Å². The Labute approximate surface area is 132 Å². The van der Waals surface area contributed by atoms with Crippen LogP contribution in [0.15, 0.2) is 48.5 Å². The SMILES string of the molecule is CNC(Cc1cccc(Cl)c1)c1ccc(CCOC)cc1. The topological polar surface area (TPSA) is 21.3 Å². The van der Waals surface area contributed by atoms with Crippen LogP contribution in [-0.4, -0.2) is 20.8 Å². The normalized spacial score (nSPS) is 12.3. The Hall–Kier alpha value is -1.35. The minimum Gasteiger partial charge on any atom is -0.384 e. The maximum atomic E-state index is 6.05. The Morgan fingerprint density at radius 2 is 1.86 bits per heavy atom. The molecule has 2 rings (SSSR count). The predicted octanol–water partition coefficient (Wildman–Crippen LogP) is 4.03. The van der Waals surface area contributed by atoms with E-state index in [9.17, 15) is 0 Å². The minimum absolute atomic E-state index is 0.292. The average molecular weight is 304 g/mol. The fraction of sp³-hybridized carbons (Fsp3) is 0.333. The molecule has 0 aliphatic carbocycles. The van der Waals surface area contributed by atoms with Crippen LogP contribution in [0, 0.1) is 0 Å². The highest BCUT2D eigenvalue weighted by Gasteiger charge is 2.10. The first-order valence-corrected chi connectivity index (χ1v) is 7.60. The summed E-state index contributed by atoms with van der Waals surface area (Å²) in [6, 6.07) is 17.1. The first-order chi connectivity index (χ1) is 10.2. The molecule has 0 radical (unpaired) electrons. The number of nitrogens with one attached hydrogen (secondary N) is 1. The molecular weight excluding hydrogens is 282 g/mol. The summed E-state index contributed by atoms with van der Waals surface area (Å²) in [7, 11) is 3.73. The standard InChI is InChI=1S/C18H22ClNO/c1-20-18(13-15-4-3-5-17(19)12-15)16-8-6-14(7-9-16)10-11-21-2/h3-9,12,18,20H,10-11,13H2,1-2H3. The van der Waals surface area contributed by atoms with Crippen LogP contribution in [0.3, 0.4) is 0 Å². The van der Waals surface area contributed by atoms with Gasteiger partial charge in [0.15, 0.2) is 0 Å². The zero-order valence-electron chi connectivity index (χ0n) is 12.6. The molecular formula is C18H22ClNO. The van der Waals surface area contributed by atoms with Gasteiger partial charge >= 0.3 is 0 Å². The third kappa shape index (κ3) is 4.85. The van der Waals surface area contributed by atoms with Crippen molar-refractivity contribution < 1.29 is 4.74 Å². The van der Waals surface area contributed by atoms with E-state index in [0.29, 0.717) is 6.04 Å². The van der Waals surface area contributed by atoms with Crippen molar-refractivity contribution in [1.82, 2.24) is 5.32 Å². The number of benzene rings is 2. The second-order valence-corrected chi connectivity index (χ2v) is 5.60. The van der Waals surface area contributed by atoms with Gasteiger partial charge in [0.2, 0.25) is 0 Å². The monoisotopic (exact) mass is 303 g/mol. The Bertz CT molecular complexity index is 553. The van der Waals surface area contributed by atoms with Crippen LogP contribution in [0.5, 0.6) is 0 Å². The smallest absolute Gasteiger partial charge is 0.0502 e. The maximum Gasteiger partial charge on any atom is 0.0502 e. The molecule has 0 amide bonds. The second kappa shape index (κ2) is 8.18. The molecule has 0 aliphatic heterocycles. The fourth-order valence-electron chi connectivity index (χ4n) is 2.42. The fourth-order valence-corrected chi connectivity index (χ4v) is 2.64. The van der Waals surface area contributed by atoms with Gasteiger partial charge in [-0.3, -0.25) is 0 Å². The molecule has 2 aromatic rings. The van der Waals surface area contributed by atoms with Gasteiger partial charge in [0.25, 0.3) is 0 Å². The van der Waals surface area contributed by atoms with Crippen molar-refractivity contribution in [3.8, 4) is 0 Å². The van der Waals surface area contributed by atoms with Crippen molar-refractivity contribution in [3.05, 3.63) is 70.2 Å². The lowest BCUT2D eigenvalue weighted by Crippen LogP contribution is -2.18. The highest BCUT2D eigenvalue weighted by atomic mass is 35.5. The number of hydrogen-bond donors (Lipinski definition) is 1. The molecule has 0 spiro atoms. The van der Waals surface area contributed by atoms with Crippen molar-refractivity contribution in [1.29, 1.82) is 0 Å². The third-order valence-electron chi connectivity index (χ3n) is 3.65. The summed E-state index contributed by atoms with van der Waals surface area (Å²) in [4.78, 5) is 0. The van der Waals surface area contributed by atoms with Crippen LogP contribution in [0.2, 0.25) is 5.02 Å². The van der Waals surface area contributed by atoms with Crippen molar-refractivity contribution in [3.63, 3.8) is 0 Å². The molecule has 0 saturated heterocycles. The quantitative estimate of drug-likeness (QED) is 0.834. The van der Waals surface area contributed by atoms with Crippen molar-refractivity contribution in [2.45, 2.75) is 18.9 Å². The molecule has 0 aromatic heterocycles. The van der Waals surface area contributed by atoms with Gasteiger partial charge in [0.05, 0.1) is 6.61 Å². The summed E-state index contributed by atoms with van der Waals surface area (Å²) in [5, 5.41) is 4.17. The summed E-state index contributed by atoms with van der Waals surface area (Å²) < 4.78 is 5.11. The van der Waals surface area contributed by atoms with Gasteiger partial charge < -0.3 is 10.1 Å². The summed E-state index contributed by atoms with van der Waals surface area (Å²) >= 11 is 6.05. The number of hydrogen-bond acceptors (Lipinski definition) is 2. The number of likely N-dealkylation sites (N-methyl/N-ethyl adjacent to an activating group) is 1. The number of ether oxygens (including phenoxy) is 1. The van der Waals surface area contributed by atoms with E-state index in [4.69, 9.17) is 16.3 Å². The van der Waals surface area contributed by atoms with Gasteiger partial charge in [0, 0.05) is 18.2 Å². The van der Waals surface area contributed by atoms with Crippen LogP contribution in [0.4, 0.5) is 0 Å². The Kier molecular flexibility index (Phi) is 6.24. The zero-order chi connectivity index (χ0) is 15.1. The Morgan fingerprint density at radius 3 is 2.48 bits per heavy atom. The van der Waals surface area contributed by atoms with E-state index in [-0.39, 0.29) is 0 Å². The minimum atomic E-state index is 0.292. The molecule has 112 valence electrons. The molecule has 0 heterocycles. The molecule has 0 aliphatic rings. The maximum absolute atomic E-state index is 6.05. The lowest BCUT2D eigenvalue weighted by atomic mass is 9.97. The lowest BCUT2D eigenvalue weighted by Gasteiger charge is -2.17. The predicted molar refractivity (Wildman–Crippen MR) is 89.0 cm³/mol. The molecule has 3 heteroatoms. The Morgan fingerprint density at radius 1 is 1.10 bits per heavy atom. The molecule has 0 saturated carbocycles. The molecule has 2 nitrogen and oxygen atoms in total. The number of halogens is 1. The van der Waals surface area contributed by atoms with Crippen LogP contribution in [0.25, 0.3) is 0 Å². The summed E-state index contributed by atoms with van der Waals surface area (Å²) in [5.74, 6) is 0. The van der Waals surface area contributed by atoms with Crippen molar-refractivity contribution >= 4 is 11.6 Å². The van der Waals surface area contributed by atoms with E-state index in [2.05, 4.69) is 35.6 Å². The van der Waals surface area contributed by atoms with Gasteiger partial charge in [-0.2, -0.15) is 0 Å². The van der Waals surface area contributed by atoms with Crippen LogP contribution in [-0.2, 0) is 17.6 Å². The summed E-state index contributed by atoms with van der Waals surface area (Å²) in [6.07, 6.45) is 1.88. The zero-order valence-corrected chi connectivity index (χ0v) is 13.4. The van der Waals surface area contributed by atoms with Gasteiger partial charge in [0.1, 0.15) is 0 Å². The molecule has 21 heavy (non-hydrogen) atoms. The van der Waals surface area contributed by atoms with Crippen LogP contribution in [0.1, 0.15) is 22.7 Å². The molecule has 1 unspecified atom stereocenters. The molecule has 0 bridgehead atoms. The van der Waals surface area contributed by atoms with E-state index in [0.717, 1.165) is 24.5 Å². The van der Waals surface area contributed by atoms with Crippen LogP contribution >= 0.6 is 11.6 Å². The van der Waals surface area contributed by atoms with Gasteiger partial charge in [-0.25, -0.2) is 0 Å². The molecule has 1 N–H and O–H groups in total. The first kappa shape index (κ1) is 16.0. The van der Waals surface area contributed by atoms with E-state index < -0.39 is 0 Å². The van der Waals surface area contributed by atoms with Gasteiger partial charge in [-0.1, -0.05) is 48.0 Å². The van der Waals surface area contributed by atoms with Gasteiger partial charge in [-0.15, -0.1) is 0 Å². The molecule has 0 fully saturated rings. The van der Waals surface area contributed by atoms with E-state index in [1.807, 2.05) is 25.2 Å². The summed E-state index contributed by atoms with van der Waals surface area (Å²) in [5.41, 5.74) is 3.84. The molecule has 1 atom stereocenters. The van der Waals surface area contributed by atoms with E-state index in [1.165, 1.54) is 16.7 Å². The third-order valence-corrected chi connectivity index (χ3v) is 3.89. The summed E-state index contributed by atoms with van der Waals surface area (Å²) in [6.45, 7) is 0.761. The largest absolute Gasteiger partial charge is 0.384 e. The highest BCUT2D eigenvalue weighted by Crippen LogP contribution is 2.21. The first-order valence-electron chi connectivity index (χ1n) is 7.22. The van der Waals surface area contributed by atoms with E-state index >= 15 is 0 Å². The van der Waals surface area contributed by atoms with Gasteiger partial charge in [-0.05, 0) is 48.7 Å². The average Bonchev–Trinajstić information content (AvgIpc) is 2.51. The van der Waals surface area contributed by atoms with Crippen molar-refractivity contribution in [2.24, 2.45) is 0 Å².